The molecule has 0 saturated carbocycles. The van der Waals surface area contributed by atoms with Crippen molar-refractivity contribution >= 4 is 21.1 Å². The van der Waals surface area contributed by atoms with E-state index in [1.54, 1.807) is 31.2 Å². The van der Waals surface area contributed by atoms with Crippen molar-refractivity contribution in [2.24, 2.45) is 0 Å². The number of nitrogens with zero attached hydrogens (tertiary/aromatic N) is 1. The summed E-state index contributed by atoms with van der Waals surface area (Å²) < 4.78 is 32.5. The lowest BCUT2D eigenvalue weighted by molar-refractivity contribution is 0.336. The summed E-state index contributed by atoms with van der Waals surface area (Å²) in [5, 5.41) is 4.43. The van der Waals surface area contributed by atoms with E-state index in [4.69, 9.17) is 4.52 Å². The van der Waals surface area contributed by atoms with Gasteiger partial charge >= 0.3 is 0 Å². The molecule has 1 aromatic carbocycles. The molecular weight excluding hydrogens is 230 g/mol. The van der Waals surface area contributed by atoms with Crippen LogP contribution in [0.4, 0.5) is 0 Å². The molecule has 2 aromatic rings. The maximum Gasteiger partial charge on any atom is 0.273 e. The summed E-state index contributed by atoms with van der Waals surface area (Å²) in [5.41, 5.74) is 0.952. The summed E-state index contributed by atoms with van der Waals surface area (Å²) in [6.07, 6.45) is 0. The van der Waals surface area contributed by atoms with Gasteiger partial charge < -0.3 is 4.52 Å². The van der Waals surface area contributed by atoms with Crippen LogP contribution in [0.5, 0.6) is 0 Å². The number of fused-ring (bicyclic) bond motifs is 1. The topological polar surface area (TPSA) is 69.4 Å². The molecule has 0 saturated heterocycles. The van der Waals surface area contributed by atoms with E-state index in [0.717, 1.165) is 0 Å². The van der Waals surface area contributed by atoms with Crippen molar-refractivity contribution in [3.8, 4) is 0 Å². The summed E-state index contributed by atoms with van der Waals surface area (Å²) >= 11 is 0. The van der Waals surface area contributed by atoms with Gasteiger partial charge in [0, 0.05) is 5.39 Å². The van der Waals surface area contributed by atoms with E-state index in [2.05, 4.69) is 9.34 Å². The second-order valence-electron chi connectivity index (χ2n) is 3.23. The highest BCUT2D eigenvalue weighted by Crippen LogP contribution is 2.19. The molecule has 0 unspecified atom stereocenters. The van der Waals surface area contributed by atoms with Crippen LogP contribution in [0, 0.1) is 0 Å². The predicted octanol–water partition coefficient (Wildman–Crippen LogP) is 1.69. The van der Waals surface area contributed by atoms with Gasteiger partial charge in [-0.25, -0.2) is 0 Å². The van der Waals surface area contributed by atoms with Crippen molar-refractivity contribution in [3.63, 3.8) is 0 Å². The van der Waals surface area contributed by atoms with Crippen LogP contribution in [0.25, 0.3) is 11.0 Å². The monoisotopic (exact) mass is 241 g/mol. The smallest absolute Gasteiger partial charge is 0.273 e. The maximum absolute atomic E-state index is 11.4. The Morgan fingerprint density at radius 3 is 2.88 bits per heavy atom. The van der Waals surface area contributed by atoms with Gasteiger partial charge in [0.05, 0.1) is 6.61 Å². The molecule has 6 heteroatoms. The number of hydrogen-bond acceptors (Lipinski definition) is 5. The molecule has 0 N–H and O–H groups in total. The second-order valence-corrected chi connectivity index (χ2v) is 4.87. The minimum Gasteiger partial charge on any atom is -0.356 e. The van der Waals surface area contributed by atoms with Gasteiger partial charge in [-0.1, -0.05) is 17.3 Å². The van der Waals surface area contributed by atoms with Gasteiger partial charge in [-0.2, -0.15) is 8.42 Å². The first-order valence-corrected chi connectivity index (χ1v) is 6.40. The molecule has 0 aliphatic heterocycles. The number of benzene rings is 1. The lowest BCUT2D eigenvalue weighted by Crippen LogP contribution is -2.08. The SMILES string of the molecule is CCOS(=O)(=O)Cc1noc2ccccc12. The average molecular weight is 241 g/mol. The highest BCUT2D eigenvalue weighted by atomic mass is 32.2. The van der Waals surface area contributed by atoms with Crippen LogP contribution in [0.2, 0.25) is 0 Å². The maximum atomic E-state index is 11.4. The Morgan fingerprint density at radius 2 is 2.12 bits per heavy atom. The van der Waals surface area contributed by atoms with Crippen LogP contribution in [0.1, 0.15) is 12.6 Å². The van der Waals surface area contributed by atoms with Crippen molar-refractivity contribution < 1.29 is 17.1 Å². The lowest BCUT2D eigenvalue weighted by atomic mass is 10.2. The van der Waals surface area contributed by atoms with Crippen molar-refractivity contribution in [1.82, 2.24) is 5.16 Å². The first-order chi connectivity index (χ1) is 7.62. The van der Waals surface area contributed by atoms with Gasteiger partial charge in [-0.3, -0.25) is 4.18 Å². The largest absolute Gasteiger partial charge is 0.356 e. The molecule has 0 aliphatic carbocycles. The minimum atomic E-state index is -3.57. The Bertz CT molecular complexity index is 588. The zero-order chi connectivity index (χ0) is 11.6. The molecule has 0 aliphatic rings. The van der Waals surface area contributed by atoms with Crippen molar-refractivity contribution in [3.05, 3.63) is 30.0 Å². The van der Waals surface area contributed by atoms with Crippen LogP contribution < -0.4 is 0 Å². The van der Waals surface area contributed by atoms with Crippen LogP contribution >= 0.6 is 0 Å². The Kier molecular flexibility index (Phi) is 2.93. The fraction of sp³-hybridized carbons (Fsp3) is 0.300. The summed E-state index contributed by atoms with van der Waals surface area (Å²) in [7, 11) is -3.57. The molecule has 5 nitrogen and oxygen atoms in total. The summed E-state index contributed by atoms with van der Waals surface area (Å²) in [6.45, 7) is 1.75. The Hall–Kier alpha value is -1.40. The summed E-state index contributed by atoms with van der Waals surface area (Å²) in [6, 6.07) is 7.10. The Morgan fingerprint density at radius 1 is 1.38 bits per heavy atom. The third kappa shape index (κ3) is 2.23. The quantitative estimate of drug-likeness (QED) is 0.762. The molecule has 0 bridgehead atoms. The van der Waals surface area contributed by atoms with Crippen molar-refractivity contribution in [1.29, 1.82) is 0 Å². The summed E-state index contributed by atoms with van der Waals surface area (Å²) in [5.74, 6) is -0.266. The molecule has 86 valence electrons. The molecule has 0 fully saturated rings. The van der Waals surface area contributed by atoms with E-state index < -0.39 is 10.1 Å². The van der Waals surface area contributed by atoms with Crippen LogP contribution in [-0.2, 0) is 20.1 Å². The zero-order valence-corrected chi connectivity index (χ0v) is 9.53. The predicted molar refractivity (Wildman–Crippen MR) is 58.3 cm³/mol. The molecule has 0 amide bonds. The van der Waals surface area contributed by atoms with E-state index >= 15 is 0 Å². The fourth-order valence-electron chi connectivity index (χ4n) is 1.43. The van der Waals surface area contributed by atoms with Crippen LogP contribution in [0.15, 0.2) is 28.8 Å². The van der Waals surface area contributed by atoms with Gasteiger partial charge in [0.15, 0.2) is 5.58 Å². The molecule has 0 spiro atoms. The molecule has 1 heterocycles. The van der Waals surface area contributed by atoms with Crippen molar-refractivity contribution in [2.45, 2.75) is 12.7 Å². The van der Waals surface area contributed by atoms with Gasteiger partial charge in [0.1, 0.15) is 11.4 Å². The highest BCUT2D eigenvalue weighted by molar-refractivity contribution is 7.85. The van der Waals surface area contributed by atoms with E-state index in [-0.39, 0.29) is 12.4 Å². The minimum absolute atomic E-state index is 0.123. The number of hydrogen-bond donors (Lipinski definition) is 0. The first-order valence-electron chi connectivity index (χ1n) is 4.83. The Balaban J connectivity index is 2.35. The van der Waals surface area contributed by atoms with E-state index in [1.807, 2.05) is 0 Å². The third-order valence-corrected chi connectivity index (χ3v) is 3.28. The molecule has 0 radical (unpaired) electrons. The van der Waals surface area contributed by atoms with E-state index in [1.165, 1.54) is 0 Å². The molecule has 16 heavy (non-hydrogen) atoms. The normalized spacial score (nSPS) is 12.1. The first kappa shape index (κ1) is 11.1. The lowest BCUT2D eigenvalue weighted by Gasteiger charge is -1.99. The average Bonchev–Trinajstić information content (AvgIpc) is 2.61. The fourth-order valence-corrected chi connectivity index (χ4v) is 2.42. The van der Waals surface area contributed by atoms with Gasteiger partial charge in [0.2, 0.25) is 0 Å². The molecular formula is C10H11NO4S. The van der Waals surface area contributed by atoms with Crippen LogP contribution in [0.3, 0.4) is 0 Å². The highest BCUT2D eigenvalue weighted by Gasteiger charge is 2.17. The second kappa shape index (κ2) is 4.23. The number of rotatable bonds is 4. The number of para-hydroxylation sites is 1. The molecule has 1 aromatic heterocycles. The zero-order valence-electron chi connectivity index (χ0n) is 8.71. The van der Waals surface area contributed by atoms with Crippen LogP contribution in [-0.4, -0.2) is 20.2 Å². The van der Waals surface area contributed by atoms with E-state index in [9.17, 15) is 8.42 Å². The standard InChI is InChI=1S/C10H11NO4S/c1-2-14-16(12,13)7-9-8-5-3-4-6-10(8)15-11-9/h3-6H,2,7H2,1H3. The van der Waals surface area contributed by atoms with E-state index in [0.29, 0.717) is 16.7 Å². The third-order valence-electron chi connectivity index (χ3n) is 2.06. The number of aromatic nitrogens is 1. The van der Waals surface area contributed by atoms with Gasteiger partial charge in [-0.05, 0) is 19.1 Å². The Labute approximate surface area is 93.1 Å². The molecule has 2 rings (SSSR count). The molecule has 0 atom stereocenters. The van der Waals surface area contributed by atoms with Crippen molar-refractivity contribution in [2.75, 3.05) is 6.61 Å². The van der Waals surface area contributed by atoms with Gasteiger partial charge in [0.25, 0.3) is 10.1 Å². The summed E-state index contributed by atoms with van der Waals surface area (Å²) in [4.78, 5) is 0. The van der Waals surface area contributed by atoms with Gasteiger partial charge in [-0.15, -0.1) is 0 Å².